The molecule has 1 rings (SSSR count). The smallest absolute Gasteiger partial charge is 0.159 e. The molecule has 102 valence electrons. The molecule has 0 aliphatic heterocycles. The highest BCUT2D eigenvalue weighted by Gasteiger charge is 2.00. The zero-order chi connectivity index (χ0) is 14.1. The van der Waals surface area contributed by atoms with E-state index in [0.29, 0.717) is 18.7 Å². The first-order valence-corrected chi connectivity index (χ1v) is 6.49. The van der Waals surface area contributed by atoms with Crippen LogP contribution >= 0.6 is 0 Å². The molecule has 0 saturated heterocycles. The summed E-state index contributed by atoms with van der Waals surface area (Å²) in [5.74, 6) is 3.50. The number of hydrogen-bond acceptors (Lipinski definition) is 3. The molecule has 0 bridgehead atoms. The van der Waals surface area contributed by atoms with Crippen molar-refractivity contribution in [1.29, 1.82) is 0 Å². The maximum Gasteiger partial charge on any atom is 0.159 e. The minimum atomic E-state index is 0.0723. The van der Waals surface area contributed by atoms with E-state index in [4.69, 9.17) is 11.2 Å². The lowest BCUT2D eigenvalue weighted by Crippen LogP contribution is -2.20. The molecule has 0 amide bonds. The molecular weight excluding hydrogens is 238 g/mol. The van der Waals surface area contributed by atoms with Crippen LogP contribution in [0.2, 0.25) is 0 Å². The van der Waals surface area contributed by atoms with E-state index in [2.05, 4.69) is 10.8 Å². The van der Waals surface area contributed by atoms with Crippen LogP contribution in [0.15, 0.2) is 24.3 Å². The second kappa shape index (κ2) is 8.34. The lowest BCUT2D eigenvalue weighted by atomic mass is 10.1. The molecule has 3 heteroatoms. The topological polar surface area (TPSA) is 29.5 Å². The van der Waals surface area contributed by atoms with Crippen molar-refractivity contribution in [3.05, 3.63) is 29.8 Å². The zero-order valence-electron chi connectivity index (χ0n) is 11.7. The summed E-state index contributed by atoms with van der Waals surface area (Å²) in [4.78, 5) is 13.2. The van der Waals surface area contributed by atoms with E-state index in [9.17, 15) is 4.79 Å². The highest BCUT2D eigenvalue weighted by Crippen LogP contribution is 2.13. The minimum Gasteiger partial charge on any atom is -0.494 e. The second-order valence-electron chi connectivity index (χ2n) is 4.58. The Hall–Kier alpha value is -1.79. The van der Waals surface area contributed by atoms with E-state index >= 15 is 0 Å². The molecule has 0 unspecified atom stereocenters. The highest BCUT2D eigenvalue weighted by atomic mass is 16.5. The predicted octanol–water partition coefficient (Wildman–Crippen LogP) is 2.61. The number of terminal acetylenes is 1. The third kappa shape index (κ3) is 6.08. The lowest BCUT2D eigenvalue weighted by molar-refractivity contribution is 0.101. The van der Waals surface area contributed by atoms with Crippen LogP contribution in [0.4, 0.5) is 0 Å². The summed E-state index contributed by atoms with van der Waals surface area (Å²) >= 11 is 0. The van der Waals surface area contributed by atoms with Crippen LogP contribution < -0.4 is 4.74 Å². The average molecular weight is 259 g/mol. The summed E-state index contributed by atoms with van der Waals surface area (Å²) in [5.41, 5.74) is 0.711. The maximum atomic E-state index is 11.1. The van der Waals surface area contributed by atoms with Gasteiger partial charge in [-0.25, -0.2) is 0 Å². The first kappa shape index (κ1) is 15.3. The molecule has 0 aliphatic rings. The Labute approximate surface area is 115 Å². The molecule has 1 aromatic rings. The fourth-order valence-electron chi connectivity index (χ4n) is 1.69. The quantitative estimate of drug-likeness (QED) is 0.408. The standard InChI is InChI=1S/C16H21NO2/c1-4-11-17(3)12-5-6-13-19-16-9-7-15(8-10-16)14(2)18/h1,7-10H,5-6,11-13H2,2-3H3. The Morgan fingerprint density at radius 2 is 2.00 bits per heavy atom. The average Bonchev–Trinajstić information content (AvgIpc) is 2.39. The van der Waals surface area contributed by atoms with Crippen molar-refractivity contribution in [1.82, 2.24) is 4.90 Å². The summed E-state index contributed by atoms with van der Waals surface area (Å²) in [6.45, 7) is 3.91. The Morgan fingerprint density at radius 1 is 1.32 bits per heavy atom. The minimum absolute atomic E-state index is 0.0723. The number of benzene rings is 1. The molecule has 19 heavy (non-hydrogen) atoms. The van der Waals surface area contributed by atoms with Gasteiger partial charge in [0.1, 0.15) is 5.75 Å². The predicted molar refractivity (Wildman–Crippen MR) is 77.5 cm³/mol. The van der Waals surface area contributed by atoms with E-state index in [1.165, 1.54) is 0 Å². The van der Waals surface area contributed by atoms with Gasteiger partial charge in [0.15, 0.2) is 5.78 Å². The van der Waals surface area contributed by atoms with Crippen LogP contribution in [-0.4, -0.2) is 37.4 Å². The van der Waals surface area contributed by atoms with Gasteiger partial charge in [0.05, 0.1) is 13.2 Å². The number of hydrogen-bond donors (Lipinski definition) is 0. The molecule has 0 spiro atoms. The first-order chi connectivity index (χ1) is 9.13. The molecule has 0 saturated carbocycles. The number of carbonyl (C=O) groups is 1. The monoisotopic (exact) mass is 259 g/mol. The van der Waals surface area contributed by atoms with Gasteiger partial charge in [-0.2, -0.15) is 0 Å². The van der Waals surface area contributed by atoms with Crippen molar-refractivity contribution in [2.75, 3.05) is 26.7 Å². The van der Waals surface area contributed by atoms with E-state index in [1.54, 1.807) is 19.1 Å². The second-order valence-corrected chi connectivity index (χ2v) is 4.58. The van der Waals surface area contributed by atoms with Gasteiger partial charge < -0.3 is 4.74 Å². The van der Waals surface area contributed by atoms with Crippen LogP contribution in [0.25, 0.3) is 0 Å². The molecule has 3 nitrogen and oxygen atoms in total. The van der Waals surface area contributed by atoms with Gasteiger partial charge in [0, 0.05) is 5.56 Å². The van der Waals surface area contributed by atoms with Crippen LogP contribution in [-0.2, 0) is 0 Å². The molecule has 0 aliphatic carbocycles. The third-order valence-electron chi connectivity index (χ3n) is 2.82. The van der Waals surface area contributed by atoms with Crippen LogP contribution in [0.5, 0.6) is 5.75 Å². The van der Waals surface area contributed by atoms with Crippen LogP contribution in [0, 0.1) is 12.3 Å². The van der Waals surface area contributed by atoms with E-state index < -0.39 is 0 Å². The number of unbranched alkanes of at least 4 members (excludes halogenated alkanes) is 1. The van der Waals surface area contributed by atoms with E-state index in [0.717, 1.165) is 25.1 Å². The van der Waals surface area contributed by atoms with Gasteiger partial charge in [-0.15, -0.1) is 6.42 Å². The molecule has 0 N–H and O–H groups in total. The van der Waals surface area contributed by atoms with Gasteiger partial charge in [0.25, 0.3) is 0 Å². The van der Waals surface area contributed by atoms with Gasteiger partial charge in [-0.3, -0.25) is 9.69 Å². The number of ether oxygens (including phenoxy) is 1. The maximum absolute atomic E-state index is 11.1. The fourth-order valence-corrected chi connectivity index (χ4v) is 1.69. The fraction of sp³-hybridized carbons (Fsp3) is 0.438. The van der Waals surface area contributed by atoms with Gasteiger partial charge in [-0.05, 0) is 57.6 Å². The van der Waals surface area contributed by atoms with E-state index in [1.807, 2.05) is 19.2 Å². The summed E-state index contributed by atoms with van der Waals surface area (Å²) in [7, 11) is 2.02. The first-order valence-electron chi connectivity index (χ1n) is 6.49. The molecule has 0 fully saturated rings. The van der Waals surface area contributed by atoms with Crippen LogP contribution in [0.1, 0.15) is 30.1 Å². The van der Waals surface area contributed by atoms with Crippen molar-refractivity contribution in [3.63, 3.8) is 0 Å². The molecule has 0 heterocycles. The lowest BCUT2D eigenvalue weighted by Gasteiger charge is -2.12. The molecule has 0 atom stereocenters. The van der Waals surface area contributed by atoms with Gasteiger partial charge in [-0.1, -0.05) is 5.92 Å². The normalized spacial score (nSPS) is 10.2. The largest absolute Gasteiger partial charge is 0.494 e. The Bertz CT molecular complexity index is 431. The molecular formula is C16H21NO2. The van der Waals surface area contributed by atoms with E-state index in [-0.39, 0.29) is 5.78 Å². The number of nitrogens with zero attached hydrogens (tertiary/aromatic N) is 1. The molecule has 1 aromatic carbocycles. The van der Waals surface area contributed by atoms with Crippen molar-refractivity contribution < 1.29 is 9.53 Å². The van der Waals surface area contributed by atoms with Crippen molar-refractivity contribution in [2.24, 2.45) is 0 Å². The highest BCUT2D eigenvalue weighted by molar-refractivity contribution is 5.94. The number of ketones is 1. The van der Waals surface area contributed by atoms with Crippen molar-refractivity contribution in [3.8, 4) is 18.1 Å². The van der Waals surface area contributed by atoms with Crippen LogP contribution in [0.3, 0.4) is 0 Å². The molecule has 0 aromatic heterocycles. The number of Topliss-reactive ketones (excluding diaryl/α,β-unsaturated/α-hetero) is 1. The summed E-state index contributed by atoms with van der Waals surface area (Å²) in [6.07, 6.45) is 7.28. The summed E-state index contributed by atoms with van der Waals surface area (Å²) in [6, 6.07) is 7.25. The third-order valence-corrected chi connectivity index (χ3v) is 2.82. The SMILES string of the molecule is C#CCN(C)CCCCOc1ccc(C(C)=O)cc1. The molecule has 0 radical (unpaired) electrons. The Morgan fingerprint density at radius 3 is 2.58 bits per heavy atom. The summed E-state index contributed by atoms with van der Waals surface area (Å²) in [5, 5.41) is 0. The Kier molecular flexibility index (Phi) is 6.70. The summed E-state index contributed by atoms with van der Waals surface area (Å²) < 4.78 is 5.61. The van der Waals surface area contributed by atoms with Crippen molar-refractivity contribution in [2.45, 2.75) is 19.8 Å². The number of rotatable bonds is 8. The number of carbonyl (C=O) groups excluding carboxylic acids is 1. The van der Waals surface area contributed by atoms with Crippen molar-refractivity contribution >= 4 is 5.78 Å². The van der Waals surface area contributed by atoms with Gasteiger partial charge in [0.2, 0.25) is 0 Å². The van der Waals surface area contributed by atoms with Gasteiger partial charge >= 0.3 is 0 Å². The zero-order valence-corrected chi connectivity index (χ0v) is 11.7. The Balaban J connectivity index is 2.19.